The predicted octanol–water partition coefficient (Wildman–Crippen LogP) is 2.05. The molecule has 0 radical (unpaired) electrons. The number of β-amino-alcohol motifs (C(OH)–C–C–N with tert-alkyl or cyclic N) is 1. The summed E-state index contributed by atoms with van der Waals surface area (Å²) >= 11 is 11.8. The van der Waals surface area contributed by atoms with E-state index >= 15 is 0 Å². The Morgan fingerprint density at radius 3 is 2.70 bits per heavy atom. The highest BCUT2D eigenvalue weighted by Gasteiger charge is 2.39. The Kier molecular flexibility index (Phi) is 4.37. The molecule has 1 heterocycles. The lowest BCUT2D eigenvalue weighted by molar-refractivity contribution is -0.141. The van der Waals surface area contributed by atoms with Gasteiger partial charge in [-0.2, -0.15) is 0 Å². The summed E-state index contributed by atoms with van der Waals surface area (Å²) in [6.45, 7) is -0.0407. The van der Waals surface area contributed by atoms with Crippen molar-refractivity contribution in [3.8, 4) is 0 Å². The number of hydrogen-bond acceptors (Lipinski definition) is 3. The van der Waals surface area contributed by atoms with Crippen LogP contribution in [0.1, 0.15) is 6.42 Å². The summed E-state index contributed by atoms with van der Waals surface area (Å²) in [5.74, 6) is -1.16. The number of carboxylic acids is 1. The van der Waals surface area contributed by atoms with Crippen molar-refractivity contribution in [1.82, 2.24) is 4.90 Å². The molecule has 1 aromatic carbocycles. The minimum absolute atomic E-state index is 0.00598. The number of carboxylic acid groups (broad SMARTS) is 1. The molecule has 0 spiro atoms. The minimum Gasteiger partial charge on any atom is -0.480 e. The Morgan fingerprint density at radius 1 is 1.35 bits per heavy atom. The lowest BCUT2D eigenvalue weighted by Crippen LogP contribution is -2.43. The highest BCUT2D eigenvalue weighted by atomic mass is 35.5. The topological polar surface area (TPSA) is 89.9 Å². The molecule has 108 valence electrons. The van der Waals surface area contributed by atoms with E-state index in [1.807, 2.05) is 0 Å². The Balaban J connectivity index is 2.15. The normalized spacial score (nSPS) is 21.9. The van der Waals surface area contributed by atoms with Gasteiger partial charge in [0.1, 0.15) is 6.04 Å². The van der Waals surface area contributed by atoms with Crippen LogP contribution in [0.5, 0.6) is 0 Å². The van der Waals surface area contributed by atoms with Gasteiger partial charge >= 0.3 is 12.0 Å². The van der Waals surface area contributed by atoms with E-state index in [9.17, 15) is 14.7 Å². The number of carbonyl (C=O) groups excluding carboxylic acids is 1. The lowest BCUT2D eigenvalue weighted by atomic mass is 10.2. The van der Waals surface area contributed by atoms with Gasteiger partial charge in [-0.25, -0.2) is 9.59 Å². The van der Waals surface area contributed by atoms with Gasteiger partial charge in [-0.15, -0.1) is 0 Å². The van der Waals surface area contributed by atoms with Gasteiger partial charge in [-0.1, -0.05) is 29.3 Å². The molecule has 2 amide bonds. The van der Waals surface area contributed by atoms with Gasteiger partial charge in [0.25, 0.3) is 0 Å². The van der Waals surface area contributed by atoms with Crippen LogP contribution in [0.25, 0.3) is 0 Å². The van der Waals surface area contributed by atoms with Gasteiger partial charge in [0.05, 0.1) is 21.8 Å². The Labute approximate surface area is 124 Å². The highest BCUT2D eigenvalue weighted by molar-refractivity contribution is 6.43. The first-order valence-electron chi connectivity index (χ1n) is 5.82. The number of nitrogens with zero attached hydrogens (tertiary/aromatic N) is 1. The van der Waals surface area contributed by atoms with Crippen molar-refractivity contribution in [3.05, 3.63) is 28.2 Å². The number of urea groups is 1. The quantitative estimate of drug-likeness (QED) is 0.778. The second-order valence-corrected chi connectivity index (χ2v) is 5.21. The first-order valence-corrected chi connectivity index (χ1v) is 6.58. The summed E-state index contributed by atoms with van der Waals surface area (Å²) in [4.78, 5) is 24.2. The molecular weight excluding hydrogens is 307 g/mol. The summed E-state index contributed by atoms with van der Waals surface area (Å²) < 4.78 is 0. The molecule has 1 saturated heterocycles. The SMILES string of the molecule is O=C(O)[C@H]1C[C@@H](O)CN1C(=O)Nc1cccc(Cl)c1Cl. The molecule has 1 aliphatic heterocycles. The standard InChI is InChI=1S/C12H12Cl2N2O4/c13-7-2-1-3-8(10(7)14)15-12(20)16-5-6(17)4-9(16)11(18)19/h1-3,6,9,17H,4-5H2,(H,15,20)(H,18,19)/t6-,9-/m1/s1. The van der Waals surface area contributed by atoms with E-state index < -0.39 is 24.1 Å². The largest absolute Gasteiger partial charge is 0.480 e. The van der Waals surface area contributed by atoms with E-state index in [-0.39, 0.29) is 28.7 Å². The van der Waals surface area contributed by atoms with Gasteiger partial charge in [0, 0.05) is 13.0 Å². The first kappa shape index (κ1) is 14.9. The Bertz CT molecular complexity index is 552. The number of nitrogens with one attached hydrogen (secondary N) is 1. The van der Waals surface area contributed by atoms with Crippen molar-refractivity contribution in [1.29, 1.82) is 0 Å². The minimum atomic E-state index is -1.16. The van der Waals surface area contributed by atoms with E-state index in [1.165, 1.54) is 0 Å². The average molecular weight is 319 g/mol. The predicted molar refractivity (Wildman–Crippen MR) is 74.2 cm³/mol. The summed E-state index contributed by atoms with van der Waals surface area (Å²) in [6, 6.07) is 3.03. The summed E-state index contributed by atoms with van der Waals surface area (Å²) in [7, 11) is 0. The molecule has 6 nitrogen and oxygen atoms in total. The molecule has 3 N–H and O–H groups in total. The number of carbonyl (C=O) groups is 2. The monoisotopic (exact) mass is 318 g/mol. The molecule has 1 fully saturated rings. The number of rotatable bonds is 2. The van der Waals surface area contributed by atoms with Crippen molar-refractivity contribution in [2.24, 2.45) is 0 Å². The van der Waals surface area contributed by atoms with E-state index in [1.54, 1.807) is 18.2 Å². The van der Waals surface area contributed by atoms with Crippen LogP contribution in [0, 0.1) is 0 Å². The van der Waals surface area contributed by atoms with Gasteiger partial charge in [-0.3, -0.25) is 0 Å². The average Bonchev–Trinajstić information content (AvgIpc) is 2.77. The molecule has 0 aromatic heterocycles. The fourth-order valence-electron chi connectivity index (χ4n) is 2.06. The Hall–Kier alpha value is -1.50. The zero-order valence-corrected chi connectivity index (χ0v) is 11.7. The number of anilines is 1. The third-order valence-electron chi connectivity index (χ3n) is 3.02. The van der Waals surface area contributed by atoms with E-state index in [4.69, 9.17) is 28.3 Å². The fraction of sp³-hybridized carbons (Fsp3) is 0.333. The van der Waals surface area contributed by atoms with Crippen molar-refractivity contribution in [2.45, 2.75) is 18.6 Å². The molecule has 2 atom stereocenters. The molecule has 2 rings (SSSR count). The Morgan fingerprint density at radius 2 is 2.05 bits per heavy atom. The smallest absolute Gasteiger partial charge is 0.326 e. The van der Waals surface area contributed by atoms with Crippen LogP contribution < -0.4 is 5.32 Å². The summed E-state index contributed by atoms with van der Waals surface area (Å²) in [5.41, 5.74) is 0.287. The van der Waals surface area contributed by atoms with Crippen LogP contribution in [0.3, 0.4) is 0 Å². The van der Waals surface area contributed by atoms with Crippen LogP contribution in [-0.2, 0) is 4.79 Å². The van der Waals surface area contributed by atoms with Gasteiger partial charge in [-0.05, 0) is 12.1 Å². The van der Waals surface area contributed by atoms with Crippen LogP contribution >= 0.6 is 23.2 Å². The maximum atomic E-state index is 12.1. The van der Waals surface area contributed by atoms with Gasteiger partial charge < -0.3 is 20.4 Å². The summed E-state index contributed by atoms with van der Waals surface area (Å²) in [6.07, 6.45) is -0.844. The molecule has 1 aliphatic rings. The van der Waals surface area contributed by atoms with E-state index in [2.05, 4.69) is 5.32 Å². The number of aliphatic hydroxyl groups is 1. The molecule has 0 bridgehead atoms. The summed E-state index contributed by atoms with van der Waals surface area (Å²) in [5, 5.41) is 21.5. The third-order valence-corrected chi connectivity index (χ3v) is 3.84. The number of aliphatic carboxylic acids is 1. The first-order chi connectivity index (χ1) is 9.40. The highest BCUT2D eigenvalue weighted by Crippen LogP contribution is 2.30. The maximum absolute atomic E-state index is 12.1. The van der Waals surface area contributed by atoms with Crippen molar-refractivity contribution >= 4 is 40.9 Å². The lowest BCUT2D eigenvalue weighted by Gasteiger charge is -2.22. The molecular formula is C12H12Cl2N2O4. The number of likely N-dealkylation sites (tertiary alicyclic amines) is 1. The third kappa shape index (κ3) is 2.98. The van der Waals surface area contributed by atoms with Crippen LogP contribution in [-0.4, -0.2) is 45.8 Å². The van der Waals surface area contributed by atoms with Gasteiger partial charge in [0.15, 0.2) is 0 Å². The maximum Gasteiger partial charge on any atom is 0.326 e. The van der Waals surface area contributed by atoms with Crippen LogP contribution in [0.15, 0.2) is 18.2 Å². The molecule has 20 heavy (non-hydrogen) atoms. The van der Waals surface area contributed by atoms with Crippen LogP contribution in [0.2, 0.25) is 10.0 Å². The van der Waals surface area contributed by atoms with Gasteiger partial charge in [0.2, 0.25) is 0 Å². The van der Waals surface area contributed by atoms with Crippen molar-refractivity contribution < 1.29 is 19.8 Å². The van der Waals surface area contributed by atoms with Crippen molar-refractivity contribution in [3.63, 3.8) is 0 Å². The number of hydrogen-bond donors (Lipinski definition) is 3. The molecule has 1 aromatic rings. The van der Waals surface area contributed by atoms with E-state index in [0.29, 0.717) is 0 Å². The molecule has 8 heteroatoms. The number of amides is 2. The zero-order valence-electron chi connectivity index (χ0n) is 10.2. The number of aliphatic hydroxyl groups excluding tert-OH is 1. The number of halogens is 2. The zero-order chi connectivity index (χ0) is 14.9. The molecule has 0 saturated carbocycles. The number of benzene rings is 1. The van der Waals surface area contributed by atoms with Crippen molar-refractivity contribution in [2.75, 3.05) is 11.9 Å². The second-order valence-electron chi connectivity index (χ2n) is 4.43. The molecule has 0 aliphatic carbocycles. The molecule has 0 unspecified atom stereocenters. The van der Waals surface area contributed by atoms with Crippen LogP contribution in [0.4, 0.5) is 10.5 Å². The van der Waals surface area contributed by atoms with E-state index in [0.717, 1.165) is 4.90 Å². The fourth-order valence-corrected chi connectivity index (χ4v) is 2.41. The second kappa shape index (κ2) is 5.87.